The highest BCUT2D eigenvalue weighted by molar-refractivity contribution is 5.98. The number of hydrogen-bond acceptors (Lipinski definition) is 4. The molecule has 0 saturated heterocycles. The molecule has 3 aromatic carbocycles. The zero-order valence-electron chi connectivity index (χ0n) is 18.4. The standard InChI is InChI=1S/C23H17F3N4O.C2H6/c1-14(13-29-21-9-7-15(11-27)18-4-2-3-5-19(18)21)22(31)30-17-8-6-16(12-28)20(10-17)23(24,25)26;1-2/h2-10,14,29H,13H2,1H3,(H,30,31);1-2H3. The van der Waals surface area contributed by atoms with Crippen molar-refractivity contribution in [3.05, 3.63) is 71.3 Å². The Morgan fingerprint density at radius 3 is 2.18 bits per heavy atom. The summed E-state index contributed by atoms with van der Waals surface area (Å²) in [6.07, 6.45) is -4.70. The van der Waals surface area contributed by atoms with Gasteiger partial charge in [-0.2, -0.15) is 23.7 Å². The average molecular weight is 452 g/mol. The van der Waals surface area contributed by atoms with E-state index in [1.165, 1.54) is 12.1 Å². The molecule has 0 aliphatic carbocycles. The van der Waals surface area contributed by atoms with Crippen LogP contribution in [0, 0.1) is 28.6 Å². The molecule has 1 atom stereocenters. The smallest absolute Gasteiger partial charge is 0.384 e. The Morgan fingerprint density at radius 2 is 1.58 bits per heavy atom. The van der Waals surface area contributed by atoms with E-state index in [0.717, 1.165) is 28.6 Å². The van der Waals surface area contributed by atoms with Crippen LogP contribution in [-0.2, 0) is 11.0 Å². The number of alkyl halides is 3. The van der Waals surface area contributed by atoms with Gasteiger partial charge >= 0.3 is 6.18 Å². The zero-order chi connectivity index (χ0) is 24.6. The van der Waals surface area contributed by atoms with E-state index in [0.29, 0.717) is 5.56 Å². The van der Waals surface area contributed by atoms with E-state index in [1.807, 2.05) is 38.1 Å². The first-order valence-electron chi connectivity index (χ1n) is 10.3. The zero-order valence-corrected chi connectivity index (χ0v) is 18.4. The quantitative estimate of drug-likeness (QED) is 0.474. The second-order valence-electron chi connectivity index (χ2n) is 6.96. The molecule has 5 nitrogen and oxygen atoms in total. The molecule has 0 aliphatic rings. The predicted molar refractivity (Wildman–Crippen MR) is 122 cm³/mol. The van der Waals surface area contributed by atoms with Gasteiger partial charge in [-0.3, -0.25) is 4.79 Å². The molecule has 170 valence electrons. The van der Waals surface area contributed by atoms with Crippen molar-refractivity contribution in [3.63, 3.8) is 0 Å². The Balaban J connectivity index is 0.00000187. The van der Waals surface area contributed by atoms with Crippen molar-refractivity contribution in [2.24, 2.45) is 5.92 Å². The Bertz CT molecular complexity index is 1220. The van der Waals surface area contributed by atoms with Crippen LogP contribution < -0.4 is 10.6 Å². The van der Waals surface area contributed by atoms with Crippen molar-refractivity contribution in [1.82, 2.24) is 0 Å². The van der Waals surface area contributed by atoms with E-state index in [9.17, 15) is 23.2 Å². The molecule has 0 bridgehead atoms. The van der Waals surface area contributed by atoms with Gasteiger partial charge in [0.25, 0.3) is 0 Å². The molecule has 8 heteroatoms. The maximum atomic E-state index is 13.1. The van der Waals surface area contributed by atoms with Crippen LogP contribution in [0.15, 0.2) is 54.6 Å². The lowest BCUT2D eigenvalue weighted by Crippen LogP contribution is -2.26. The van der Waals surface area contributed by atoms with Crippen molar-refractivity contribution in [2.75, 3.05) is 17.2 Å². The van der Waals surface area contributed by atoms with Crippen molar-refractivity contribution in [1.29, 1.82) is 10.5 Å². The summed E-state index contributed by atoms with van der Waals surface area (Å²) in [7, 11) is 0. The first-order chi connectivity index (χ1) is 15.7. The largest absolute Gasteiger partial charge is 0.417 e. The van der Waals surface area contributed by atoms with Gasteiger partial charge < -0.3 is 10.6 Å². The fourth-order valence-electron chi connectivity index (χ4n) is 3.13. The number of rotatable bonds is 5. The van der Waals surface area contributed by atoms with Gasteiger partial charge in [0, 0.05) is 28.7 Å². The second-order valence-corrected chi connectivity index (χ2v) is 6.96. The summed E-state index contributed by atoms with van der Waals surface area (Å²) in [6.45, 7) is 5.87. The summed E-state index contributed by atoms with van der Waals surface area (Å²) in [5, 5.41) is 25.4. The van der Waals surface area contributed by atoms with E-state index < -0.39 is 29.1 Å². The fourth-order valence-corrected chi connectivity index (χ4v) is 3.13. The molecular weight excluding hydrogens is 429 g/mol. The second kappa shape index (κ2) is 11.0. The molecular formula is C25H23F3N4O. The van der Waals surface area contributed by atoms with Gasteiger partial charge in [-0.25, -0.2) is 0 Å². The van der Waals surface area contributed by atoms with Gasteiger partial charge in [-0.1, -0.05) is 45.0 Å². The van der Waals surface area contributed by atoms with Gasteiger partial charge in [0.15, 0.2) is 0 Å². The number of nitrogens with one attached hydrogen (secondary N) is 2. The molecule has 1 amide bonds. The third-order valence-corrected chi connectivity index (χ3v) is 4.80. The molecule has 0 aromatic heterocycles. The highest BCUT2D eigenvalue weighted by Crippen LogP contribution is 2.33. The number of nitrogens with zero attached hydrogens (tertiary/aromatic N) is 2. The van der Waals surface area contributed by atoms with E-state index in [4.69, 9.17) is 5.26 Å². The lowest BCUT2D eigenvalue weighted by molar-refractivity contribution is -0.137. The molecule has 2 N–H and O–H groups in total. The topological polar surface area (TPSA) is 88.7 Å². The molecule has 0 radical (unpaired) electrons. The van der Waals surface area contributed by atoms with Crippen molar-refractivity contribution < 1.29 is 18.0 Å². The summed E-state index contributed by atoms with van der Waals surface area (Å²) in [5.41, 5.74) is -0.359. The molecule has 0 saturated carbocycles. The van der Waals surface area contributed by atoms with Gasteiger partial charge in [0.2, 0.25) is 5.91 Å². The van der Waals surface area contributed by atoms with E-state index in [2.05, 4.69) is 16.7 Å². The van der Waals surface area contributed by atoms with Crippen LogP contribution in [-0.4, -0.2) is 12.5 Å². The molecule has 1 unspecified atom stereocenters. The average Bonchev–Trinajstić information content (AvgIpc) is 2.82. The molecule has 3 rings (SSSR count). The van der Waals surface area contributed by atoms with Gasteiger partial charge in [-0.05, 0) is 30.3 Å². The minimum Gasteiger partial charge on any atom is -0.384 e. The van der Waals surface area contributed by atoms with E-state index >= 15 is 0 Å². The minimum atomic E-state index is -4.70. The van der Waals surface area contributed by atoms with Crippen LogP contribution in [0.5, 0.6) is 0 Å². The summed E-state index contributed by atoms with van der Waals surface area (Å²) in [6, 6.07) is 17.5. The third-order valence-electron chi connectivity index (χ3n) is 4.80. The van der Waals surface area contributed by atoms with Crippen molar-refractivity contribution in [3.8, 4) is 12.1 Å². The molecule has 33 heavy (non-hydrogen) atoms. The Morgan fingerprint density at radius 1 is 0.970 bits per heavy atom. The van der Waals surface area contributed by atoms with Crippen LogP contribution >= 0.6 is 0 Å². The number of benzene rings is 3. The van der Waals surface area contributed by atoms with Crippen LogP contribution in [0.1, 0.15) is 37.5 Å². The first kappa shape index (κ1) is 25.2. The number of hydrogen-bond donors (Lipinski definition) is 2. The number of nitriles is 2. The summed E-state index contributed by atoms with van der Waals surface area (Å²) in [4.78, 5) is 12.5. The summed E-state index contributed by atoms with van der Waals surface area (Å²) in [5.74, 6) is -1.04. The van der Waals surface area contributed by atoms with Crippen LogP contribution in [0.4, 0.5) is 24.5 Å². The van der Waals surface area contributed by atoms with Crippen LogP contribution in [0.25, 0.3) is 10.8 Å². The van der Waals surface area contributed by atoms with Gasteiger partial charge in [-0.15, -0.1) is 0 Å². The van der Waals surface area contributed by atoms with E-state index in [1.54, 1.807) is 19.1 Å². The maximum Gasteiger partial charge on any atom is 0.417 e. The Hall–Kier alpha value is -4.04. The fraction of sp³-hybridized carbons (Fsp3) is 0.240. The summed E-state index contributed by atoms with van der Waals surface area (Å²) < 4.78 is 39.3. The monoisotopic (exact) mass is 452 g/mol. The molecule has 3 aromatic rings. The third kappa shape index (κ3) is 6.02. The number of halogens is 3. The summed E-state index contributed by atoms with van der Waals surface area (Å²) >= 11 is 0. The highest BCUT2D eigenvalue weighted by Gasteiger charge is 2.34. The Kier molecular flexibility index (Phi) is 8.42. The number of carbonyl (C=O) groups is 1. The maximum absolute atomic E-state index is 13.1. The molecule has 0 spiro atoms. The highest BCUT2D eigenvalue weighted by atomic mass is 19.4. The molecule has 0 fully saturated rings. The predicted octanol–water partition coefficient (Wildman–Crippen LogP) is 6.31. The van der Waals surface area contributed by atoms with Crippen molar-refractivity contribution >= 4 is 28.1 Å². The first-order valence-corrected chi connectivity index (χ1v) is 10.3. The van der Waals surface area contributed by atoms with Crippen LogP contribution in [0.3, 0.4) is 0 Å². The number of carbonyl (C=O) groups excluding carboxylic acids is 1. The van der Waals surface area contributed by atoms with Crippen LogP contribution in [0.2, 0.25) is 0 Å². The number of amides is 1. The Labute approximate surface area is 190 Å². The number of fused-ring (bicyclic) bond motifs is 1. The SMILES string of the molecule is CC.CC(CNc1ccc(C#N)c2ccccc12)C(=O)Nc1ccc(C#N)c(C(F)(F)F)c1. The molecule has 0 heterocycles. The van der Waals surface area contributed by atoms with E-state index in [-0.39, 0.29) is 12.2 Å². The van der Waals surface area contributed by atoms with Gasteiger partial charge in [0.05, 0.1) is 34.7 Å². The van der Waals surface area contributed by atoms with Gasteiger partial charge in [0.1, 0.15) is 0 Å². The lowest BCUT2D eigenvalue weighted by Gasteiger charge is -2.16. The normalized spacial score (nSPS) is 11.4. The molecule has 0 aliphatic heterocycles. The minimum absolute atomic E-state index is 0.0352. The lowest BCUT2D eigenvalue weighted by atomic mass is 10.0. The van der Waals surface area contributed by atoms with Crippen molar-refractivity contribution in [2.45, 2.75) is 26.9 Å². The number of anilines is 2.